The number of carbonyl (C=O) groups is 1. The summed E-state index contributed by atoms with van der Waals surface area (Å²) in [4.78, 5) is 20.4. The fraction of sp³-hybridized carbons (Fsp3) is 0.348. The van der Waals surface area contributed by atoms with Gasteiger partial charge in [-0.15, -0.1) is 11.3 Å². The van der Waals surface area contributed by atoms with Crippen LogP contribution in [0.5, 0.6) is 5.75 Å². The summed E-state index contributed by atoms with van der Waals surface area (Å²) in [6.07, 6.45) is 10.4. The van der Waals surface area contributed by atoms with Gasteiger partial charge in [0, 0.05) is 29.0 Å². The summed E-state index contributed by atoms with van der Waals surface area (Å²) in [5.74, 6) is -0.608. The highest BCUT2D eigenvalue weighted by molar-refractivity contribution is 7.14. The molecule has 6 nitrogen and oxygen atoms in total. The van der Waals surface area contributed by atoms with Crippen LogP contribution in [0.15, 0.2) is 48.1 Å². The standard InChI is InChI=1S/C23H27N3O3S/c1-2-3-4-5-6-7-13-29-21-11-10-18(14-19(21)22(27)28)25-23-26-20(16-30-23)17-9-8-12-24-15-17/h8-12,14-16H,2-7,13H2,1H3,(H,25,26)(H,27,28). The van der Waals surface area contributed by atoms with Gasteiger partial charge in [-0.3, -0.25) is 4.98 Å². The zero-order valence-corrected chi connectivity index (χ0v) is 18.0. The molecule has 0 spiro atoms. The number of unbranched alkanes of at least 4 members (excludes halogenated alkanes) is 5. The molecule has 2 heterocycles. The van der Waals surface area contributed by atoms with Gasteiger partial charge in [-0.05, 0) is 36.8 Å². The quantitative estimate of drug-likeness (QED) is 0.327. The molecule has 3 rings (SSSR count). The van der Waals surface area contributed by atoms with E-state index in [1.165, 1.54) is 37.0 Å². The van der Waals surface area contributed by atoms with Gasteiger partial charge in [-0.2, -0.15) is 0 Å². The van der Waals surface area contributed by atoms with Gasteiger partial charge in [0.05, 0.1) is 12.3 Å². The number of carboxylic acids is 1. The Hall–Kier alpha value is -2.93. The monoisotopic (exact) mass is 425 g/mol. The van der Waals surface area contributed by atoms with Crippen LogP contribution in [0.25, 0.3) is 11.3 Å². The van der Waals surface area contributed by atoms with Gasteiger partial charge < -0.3 is 15.2 Å². The molecule has 7 heteroatoms. The molecule has 0 aliphatic rings. The Morgan fingerprint density at radius 3 is 2.77 bits per heavy atom. The molecule has 3 aromatic rings. The molecule has 30 heavy (non-hydrogen) atoms. The molecule has 0 bridgehead atoms. The van der Waals surface area contributed by atoms with E-state index < -0.39 is 5.97 Å². The van der Waals surface area contributed by atoms with E-state index in [1.54, 1.807) is 24.5 Å². The average Bonchev–Trinajstić information content (AvgIpc) is 3.23. The van der Waals surface area contributed by atoms with Crippen LogP contribution in [-0.2, 0) is 0 Å². The maximum Gasteiger partial charge on any atom is 0.339 e. The van der Waals surface area contributed by atoms with Crippen molar-refractivity contribution < 1.29 is 14.6 Å². The Balaban J connectivity index is 1.60. The second-order valence-corrected chi connectivity index (χ2v) is 7.90. The molecule has 0 amide bonds. The van der Waals surface area contributed by atoms with Gasteiger partial charge >= 0.3 is 5.97 Å². The Morgan fingerprint density at radius 1 is 1.17 bits per heavy atom. The fourth-order valence-corrected chi connectivity index (χ4v) is 3.81. The van der Waals surface area contributed by atoms with Crippen LogP contribution in [0.3, 0.4) is 0 Å². The van der Waals surface area contributed by atoms with Gasteiger partial charge in [0.15, 0.2) is 5.13 Å². The maximum atomic E-state index is 11.7. The number of anilines is 2. The summed E-state index contributed by atoms with van der Waals surface area (Å²) in [7, 11) is 0. The van der Waals surface area contributed by atoms with E-state index in [0.29, 0.717) is 23.2 Å². The molecule has 0 saturated heterocycles. The summed E-state index contributed by atoms with van der Waals surface area (Å²) >= 11 is 1.45. The average molecular weight is 426 g/mol. The molecule has 0 aliphatic carbocycles. The van der Waals surface area contributed by atoms with Gasteiger partial charge in [-0.25, -0.2) is 9.78 Å². The molecule has 0 fully saturated rings. The molecule has 0 aliphatic heterocycles. The summed E-state index contributed by atoms with van der Waals surface area (Å²) in [6, 6.07) is 8.92. The lowest BCUT2D eigenvalue weighted by Gasteiger charge is -2.11. The van der Waals surface area contributed by atoms with Crippen molar-refractivity contribution in [3.63, 3.8) is 0 Å². The molecule has 0 saturated carbocycles. The van der Waals surface area contributed by atoms with Crippen LogP contribution >= 0.6 is 11.3 Å². The summed E-state index contributed by atoms with van der Waals surface area (Å²) in [5, 5.41) is 15.4. The van der Waals surface area contributed by atoms with E-state index in [2.05, 4.69) is 22.2 Å². The zero-order chi connectivity index (χ0) is 21.2. The Morgan fingerprint density at radius 2 is 2.00 bits per heavy atom. The SMILES string of the molecule is CCCCCCCCOc1ccc(Nc2nc(-c3cccnc3)cs2)cc1C(=O)O. The van der Waals surface area contributed by atoms with Crippen molar-refractivity contribution in [1.82, 2.24) is 9.97 Å². The van der Waals surface area contributed by atoms with Gasteiger partial charge in [0.2, 0.25) is 0 Å². The smallest absolute Gasteiger partial charge is 0.339 e. The minimum absolute atomic E-state index is 0.148. The molecule has 2 aromatic heterocycles. The molecule has 0 radical (unpaired) electrons. The summed E-state index contributed by atoms with van der Waals surface area (Å²) < 4.78 is 5.74. The van der Waals surface area contributed by atoms with Gasteiger partial charge in [0.1, 0.15) is 11.3 Å². The number of aromatic carboxylic acids is 1. The van der Waals surface area contributed by atoms with E-state index in [4.69, 9.17) is 4.74 Å². The first-order chi connectivity index (χ1) is 14.7. The second-order valence-electron chi connectivity index (χ2n) is 7.04. The number of nitrogens with zero attached hydrogens (tertiary/aromatic N) is 2. The van der Waals surface area contributed by atoms with Crippen LogP contribution in [0.2, 0.25) is 0 Å². The molecule has 2 N–H and O–H groups in total. The predicted octanol–water partition coefficient (Wildman–Crippen LogP) is 6.39. The largest absolute Gasteiger partial charge is 0.493 e. The third-order valence-corrected chi connectivity index (χ3v) is 5.44. The third kappa shape index (κ3) is 6.29. The van der Waals surface area contributed by atoms with Crippen molar-refractivity contribution in [2.24, 2.45) is 0 Å². The predicted molar refractivity (Wildman–Crippen MR) is 121 cm³/mol. The van der Waals surface area contributed by atoms with E-state index in [1.807, 2.05) is 23.6 Å². The molecular weight excluding hydrogens is 398 g/mol. The molecule has 0 atom stereocenters. The molecule has 1 aromatic carbocycles. The highest BCUT2D eigenvalue weighted by atomic mass is 32.1. The summed E-state index contributed by atoms with van der Waals surface area (Å²) in [6.45, 7) is 2.73. The van der Waals surface area contributed by atoms with E-state index >= 15 is 0 Å². The number of aromatic nitrogens is 2. The molecular formula is C23H27N3O3S. The normalized spacial score (nSPS) is 10.7. The van der Waals surface area contributed by atoms with Crippen molar-refractivity contribution in [3.05, 3.63) is 53.7 Å². The topological polar surface area (TPSA) is 84.3 Å². The lowest BCUT2D eigenvalue weighted by atomic mass is 10.1. The second kappa shape index (κ2) is 11.3. The fourth-order valence-electron chi connectivity index (χ4n) is 3.07. The van der Waals surface area contributed by atoms with Crippen molar-refractivity contribution >= 4 is 28.1 Å². The first-order valence-electron chi connectivity index (χ1n) is 10.3. The first kappa shape index (κ1) is 21.8. The van der Waals surface area contributed by atoms with Crippen molar-refractivity contribution in [2.75, 3.05) is 11.9 Å². The van der Waals surface area contributed by atoms with E-state index in [0.717, 1.165) is 24.1 Å². The van der Waals surface area contributed by atoms with Crippen LogP contribution in [-0.4, -0.2) is 27.7 Å². The third-order valence-electron chi connectivity index (χ3n) is 4.68. The number of rotatable bonds is 12. The van der Waals surface area contributed by atoms with Gasteiger partial charge in [-0.1, -0.05) is 39.0 Å². The van der Waals surface area contributed by atoms with Crippen LogP contribution in [0.1, 0.15) is 55.8 Å². The van der Waals surface area contributed by atoms with Gasteiger partial charge in [0.25, 0.3) is 0 Å². The molecule has 0 unspecified atom stereocenters. The van der Waals surface area contributed by atoms with E-state index in [-0.39, 0.29) is 5.56 Å². The van der Waals surface area contributed by atoms with Crippen molar-refractivity contribution in [3.8, 4) is 17.0 Å². The lowest BCUT2D eigenvalue weighted by molar-refractivity contribution is 0.0692. The number of thiazole rings is 1. The number of hydrogen-bond donors (Lipinski definition) is 2. The lowest BCUT2D eigenvalue weighted by Crippen LogP contribution is -2.05. The summed E-state index contributed by atoms with van der Waals surface area (Å²) in [5.41, 5.74) is 2.57. The van der Waals surface area contributed by atoms with Crippen LogP contribution < -0.4 is 10.1 Å². The number of benzene rings is 1. The number of pyridine rings is 1. The Bertz CT molecular complexity index is 944. The van der Waals surface area contributed by atoms with Crippen LogP contribution in [0.4, 0.5) is 10.8 Å². The number of ether oxygens (including phenoxy) is 1. The molecule has 158 valence electrons. The number of carboxylic acid groups (broad SMARTS) is 1. The number of hydrogen-bond acceptors (Lipinski definition) is 6. The van der Waals surface area contributed by atoms with Crippen molar-refractivity contribution in [2.45, 2.75) is 45.4 Å². The first-order valence-corrected chi connectivity index (χ1v) is 11.2. The minimum atomic E-state index is -1.01. The maximum absolute atomic E-state index is 11.7. The number of nitrogens with one attached hydrogen (secondary N) is 1. The van der Waals surface area contributed by atoms with Crippen molar-refractivity contribution in [1.29, 1.82) is 0 Å². The minimum Gasteiger partial charge on any atom is -0.493 e. The Kier molecular flexibility index (Phi) is 8.20. The van der Waals surface area contributed by atoms with Crippen LogP contribution in [0, 0.1) is 0 Å². The highest BCUT2D eigenvalue weighted by Gasteiger charge is 2.13. The van der Waals surface area contributed by atoms with E-state index in [9.17, 15) is 9.90 Å². The Labute approximate surface area is 181 Å². The zero-order valence-electron chi connectivity index (χ0n) is 17.1. The highest BCUT2D eigenvalue weighted by Crippen LogP contribution is 2.29.